The average molecular weight is 1040 g/mol. The molecule has 3 aromatic rings. The molecule has 3 aromatic carbocycles. The third kappa shape index (κ3) is 8.23. The SMILES string of the molecule is Cc1cc2nc3c(=O)[nH]c(=O)nc-3n(C)c2cc1C(=O)Cl.Cc1cc2nc3c(=O)[nH]c(=O)nc-3n(C)c2cc1C(=O)O.Cc1cc2nc3c(=O)[nH]c(=O)nc-3n(C)c2cc1[C-]=O.[W]. The van der Waals surface area contributed by atoms with E-state index in [1.54, 1.807) is 76.8 Å². The van der Waals surface area contributed by atoms with Crippen molar-refractivity contribution in [1.82, 2.24) is 58.6 Å². The van der Waals surface area contributed by atoms with Gasteiger partial charge in [0.1, 0.15) is 0 Å². The number of carboxylic acids is 1. The number of aryl methyl sites for hydroxylation is 6. The van der Waals surface area contributed by atoms with E-state index in [0.717, 1.165) is 0 Å². The molecule has 6 aliphatic heterocycles. The van der Waals surface area contributed by atoms with Crippen molar-refractivity contribution in [2.24, 2.45) is 21.1 Å². The summed E-state index contributed by atoms with van der Waals surface area (Å²) in [5, 5.41) is 8.58. The molecule has 4 N–H and O–H groups in total. The van der Waals surface area contributed by atoms with Gasteiger partial charge in [0.05, 0.1) is 39.4 Å². The Kier molecular flexibility index (Phi) is 12.1. The molecule has 6 aliphatic rings. The minimum atomic E-state index is -1.06. The molecule has 6 heterocycles. The number of H-pyrrole nitrogens is 3. The molecule has 0 amide bonds. The first kappa shape index (κ1) is 44.8. The van der Waals surface area contributed by atoms with Gasteiger partial charge in [0.2, 0.25) is 0 Å². The molecule has 0 aliphatic carbocycles. The Morgan fingerprint density at radius 1 is 0.556 bits per heavy atom. The summed E-state index contributed by atoms with van der Waals surface area (Å²) in [5.41, 5.74) is 2.04. The van der Waals surface area contributed by atoms with E-state index in [1.165, 1.54) is 15.2 Å². The van der Waals surface area contributed by atoms with E-state index in [4.69, 9.17) is 16.7 Å². The average Bonchev–Trinajstić information content (AvgIpc) is 3.19. The quantitative estimate of drug-likeness (QED) is 0.108. The number of carbonyl (C=O) groups excluding carboxylic acids is 2. The van der Waals surface area contributed by atoms with E-state index in [9.17, 15) is 43.2 Å². The van der Waals surface area contributed by atoms with Crippen LogP contribution in [0.25, 0.3) is 67.7 Å². The second kappa shape index (κ2) is 17.0. The Morgan fingerprint density at radius 2 is 0.889 bits per heavy atom. The van der Waals surface area contributed by atoms with Crippen LogP contribution in [0, 0.1) is 20.8 Å². The number of carbonyl (C=O) groups is 2. The van der Waals surface area contributed by atoms with Crippen molar-refractivity contribution >= 4 is 62.2 Å². The number of nitrogens with one attached hydrogen (secondary N) is 3. The van der Waals surface area contributed by atoms with Crippen LogP contribution in [0.2, 0.25) is 0 Å². The van der Waals surface area contributed by atoms with Crippen molar-refractivity contribution in [3.8, 4) is 34.6 Å². The van der Waals surface area contributed by atoms with Crippen molar-refractivity contribution in [1.29, 1.82) is 0 Å². The summed E-state index contributed by atoms with van der Waals surface area (Å²) in [4.78, 5) is 133. The first-order valence-electron chi connectivity index (χ1n) is 17.8. The molecule has 0 aromatic heterocycles. The Hall–Kier alpha value is -7.71. The number of hydrogen-bond acceptors (Lipinski definition) is 15. The number of rotatable bonds is 3. The van der Waals surface area contributed by atoms with Crippen LogP contribution in [-0.2, 0) is 47.0 Å². The summed E-state index contributed by atoms with van der Waals surface area (Å²) in [6.07, 6.45) is 1.84. The fourth-order valence-electron chi connectivity index (χ4n) is 6.68. The van der Waals surface area contributed by atoms with Crippen molar-refractivity contribution in [3.63, 3.8) is 0 Å². The summed E-state index contributed by atoms with van der Waals surface area (Å²) >= 11 is 5.54. The normalized spacial score (nSPS) is 11.0. The van der Waals surface area contributed by atoms with Gasteiger partial charge in [-0.05, 0) is 60.8 Å². The largest absolute Gasteiger partial charge is 0.478 e. The molecule has 0 unspecified atom stereocenters. The fourth-order valence-corrected chi connectivity index (χ4v) is 6.89. The summed E-state index contributed by atoms with van der Waals surface area (Å²) in [5.74, 6) is -0.630. The first-order valence-corrected chi connectivity index (χ1v) is 18.2. The predicted molar refractivity (Wildman–Crippen MR) is 222 cm³/mol. The maximum absolute atomic E-state index is 11.8. The Morgan fingerprint density at radius 3 is 1.24 bits per heavy atom. The van der Waals surface area contributed by atoms with Crippen LogP contribution < -0.4 is 33.7 Å². The minimum Gasteiger partial charge on any atom is -0.478 e. The van der Waals surface area contributed by atoms with E-state index in [1.807, 2.05) is 6.29 Å². The molecule has 63 heavy (non-hydrogen) atoms. The second-order valence-corrected chi connectivity index (χ2v) is 14.1. The molecule has 9 rings (SSSR count). The Balaban J connectivity index is 0.000000156. The molecule has 318 valence electrons. The summed E-state index contributed by atoms with van der Waals surface area (Å²) in [6, 6.07) is 9.57. The molecular weight excluding hydrogens is 1020 g/mol. The number of halogens is 1. The van der Waals surface area contributed by atoms with Gasteiger partial charge in [-0.1, -0.05) is 13.0 Å². The number of nitrogens with zero attached hydrogens (tertiary/aromatic N) is 9. The zero-order valence-electron chi connectivity index (χ0n) is 33.4. The van der Waals surface area contributed by atoms with Gasteiger partial charge >= 0.3 is 23.0 Å². The Labute approximate surface area is 368 Å². The third-order valence-electron chi connectivity index (χ3n) is 9.82. The van der Waals surface area contributed by atoms with Gasteiger partial charge < -0.3 is 23.6 Å². The van der Waals surface area contributed by atoms with Crippen molar-refractivity contribution < 1.29 is 40.6 Å². The van der Waals surface area contributed by atoms with E-state index < -0.39 is 45.0 Å². The van der Waals surface area contributed by atoms with Crippen LogP contribution >= 0.6 is 11.6 Å². The molecule has 0 fully saturated rings. The maximum atomic E-state index is 11.8. The zero-order chi connectivity index (χ0) is 45.1. The van der Waals surface area contributed by atoms with Crippen LogP contribution in [0.3, 0.4) is 0 Å². The van der Waals surface area contributed by atoms with Gasteiger partial charge in [0.25, 0.3) is 21.9 Å². The van der Waals surface area contributed by atoms with Crippen molar-refractivity contribution in [3.05, 3.63) is 132 Å². The molecule has 0 atom stereocenters. The first-order chi connectivity index (χ1) is 29.3. The predicted octanol–water partition coefficient (Wildman–Crippen LogP) is 0.823. The molecule has 0 radical (unpaired) electrons. The smallest absolute Gasteiger partial charge is 0.349 e. The molecule has 0 saturated heterocycles. The van der Waals surface area contributed by atoms with E-state index in [2.05, 4.69) is 44.9 Å². The molecule has 22 nitrogen and oxygen atoms in total. The van der Waals surface area contributed by atoms with Crippen LogP contribution in [0.1, 0.15) is 43.0 Å². The molecule has 24 heteroatoms. The Bertz CT molecular complexity index is 3520. The van der Waals surface area contributed by atoms with E-state index in [0.29, 0.717) is 60.9 Å². The number of aromatic amines is 3. The van der Waals surface area contributed by atoms with Gasteiger partial charge in [-0.3, -0.25) is 34.1 Å². The summed E-state index contributed by atoms with van der Waals surface area (Å²) < 4.78 is 4.59. The fraction of sp³-hybridized carbons (Fsp3) is 0.154. The van der Waals surface area contributed by atoms with Gasteiger partial charge in [0.15, 0.2) is 34.6 Å². The van der Waals surface area contributed by atoms with Crippen molar-refractivity contribution in [2.75, 3.05) is 0 Å². The van der Waals surface area contributed by atoms with Crippen LogP contribution in [0.4, 0.5) is 0 Å². The molecular formula is C39H28ClN12O10W-. The number of hydrogen-bond donors (Lipinski definition) is 4. The van der Waals surface area contributed by atoms with Crippen LogP contribution in [-0.4, -0.2) is 81.2 Å². The summed E-state index contributed by atoms with van der Waals surface area (Å²) in [7, 11) is 4.89. The molecule has 0 saturated carbocycles. The number of carboxylic acid groups (broad SMARTS) is 1. The minimum absolute atomic E-state index is 0. The molecule has 0 bridgehead atoms. The van der Waals surface area contributed by atoms with Gasteiger partial charge in [-0.2, -0.15) is 15.0 Å². The van der Waals surface area contributed by atoms with E-state index >= 15 is 0 Å². The van der Waals surface area contributed by atoms with E-state index in [-0.39, 0.29) is 61.2 Å². The number of aromatic carboxylic acids is 1. The van der Waals surface area contributed by atoms with Crippen LogP contribution in [0.15, 0.2) is 65.2 Å². The summed E-state index contributed by atoms with van der Waals surface area (Å²) in [6.45, 7) is 5.14. The second-order valence-electron chi connectivity index (χ2n) is 13.8. The van der Waals surface area contributed by atoms with Gasteiger partial charge in [-0.25, -0.2) is 34.1 Å². The third-order valence-corrected chi connectivity index (χ3v) is 10.0. The van der Waals surface area contributed by atoms with Gasteiger partial charge in [0, 0.05) is 53.3 Å². The standard InChI is InChI=1S/C13H9ClN4O3.C13H10N4O4.C13H9N4O3.W/c1-5-3-7-8(4-6(5)10(14)19)18(2)11-9(15-7)12(20)17-13(21)16-11;1-5-3-7-8(4-6(5)12(19)20)17(2)10-9(14-7)11(18)16-13(21)15-10;1-6-3-8-9(4-7(6)5-18)17(2)11-10(14-8)12(19)16-13(20)15-11;/h3-4H,1-2H3,(H,17,20,21);3-4H,1-2H3,(H,19,20)(H,16,18,21);3-4H,1-2H3,(H,16,19,20);/q;;-1;. The monoisotopic (exact) mass is 1040 g/mol. The van der Waals surface area contributed by atoms with Crippen molar-refractivity contribution in [2.45, 2.75) is 20.8 Å². The number of aromatic nitrogens is 12. The molecule has 0 spiro atoms. The topological polar surface area (TPSA) is 313 Å². The zero-order valence-corrected chi connectivity index (χ0v) is 37.1. The van der Waals surface area contributed by atoms with Crippen LogP contribution in [0.5, 0.6) is 0 Å². The maximum Gasteiger partial charge on any atom is 0.349 e. The number of benzene rings is 3. The number of fused-ring (bicyclic) bond motifs is 6. The van der Waals surface area contributed by atoms with Gasteiger partial charge in [-0.15, -0.1) is 17.2 Å².